The fraction of sp³-hybridized carbons (Fsp3) is 0.914. The number of cyclic esters (lactones) is 1. The molecule has 0 fully saturated rings. The minimum atomic E-state index is -0.527. The van der Waals surface area contributed by atoms with Gasteiger partial charge in [-0.05, 0) is 38.7 Å². The molecular weight excluding hydrogens is 484 g/mol. The second-order valence-corrected chi connectivity index (χ2v) is 12.4. The summed E-state index contributed by atoms with van der Waals surface area (Å²) < 4.78 is 5.15. The van der Waals surface area contributed by atoms with E-state index in [-0.39, 0.29) is 12.1 Å². The quantitative estimate of drug-likeness (QED) is 0.0718. The van der Waals surface area contributed by atoms with Gasteiger partial charge in [-0.2, -0.15) is 0 Å². The lowest BCUT2D eigenvalue weighted by atomic mass is 9.99. The van der Waals surface area contributed by atoms with Gasteiger partial charge in [0.1, 0.15) is 6.10 Å². The molecule has 1 aliphatic rings. The van der Waals surface area contributed by atoms with Crippen LogP contribution in [0.4, 0.5) is 0 Å². The van der Waals surface area contributed by atoms with E-state index in [0.717, 1.165) is 44.1 Å². The second-order valence-electron chi connectivity index (χ2n) is 12.4. The van der Waals surface area contributed by atoms with E-state index >= 15 is 0 Å². The third-order valence-corrected chi connectivity index (χ3v) is 8.48. The Labute approximate surface area is 242 Å². The van der Waals surface area contributed by atoms with Gasteiger partial charge in [0.2, 0.25) is 0 Å². The number of esters is 1. The van der Waals surface area contributed by atoms with Gasteiger partial charge >= 0.3 is 5.97 Å². The van der Waals surface area contributed by atoms with Crippen molar-refractivity contribution in [1.82, 2.24) is 0 Å². The van der Waals surface area contributed by atoms with Crippen molar-refractivity contribution >= 4 is 5.97 Å². The summed E-state index contributed by atoms with van der Waals surface area (Å²) in [5, 5.41) is 20.4. The van der Waals surface area contributed by atoms with Crippen LogP contribution in [0.15, 0.2) is 11.6 Å². The first-order chi connectivity index (χ1) is 19.0. The molecule has 1 aliphatic heterocycles. The SMILES string of the molecule is CCCCCCCCCC[C@H](O)[C@H](O)CCCCCCCCCCCCCCCCCCC1=C[C@@H](C)OC1=O. The Hall–Kier alpha value is -0.870. The summed E-state index contributed by atoms with van der Waals surface area (Å²) in [4.78, 5) is 11.6. The van der Waals surface area contributed by atoms with E-state index in [1.54, 1.807) is 0 Å². The summed E-state index contributed by atoms with van der Waals surface area (Å²) in [5.41, 5.74) is 0.887. The van der Waals surface area contributed by atoms with E-state index in [1.807, 2.05) is 13.0 Å². The van der Waals surface area contributed by atoms with Crippen molar-refractivity contribution in [2.24, 2.45) is 0 Å². The number of ether oxygens (including phenoxy) is 1. The molecular formula is C35H66O4. The van der Waals surface area contributed by atoms with Crippen LogP contribution in [0.25, 0.3) is 0 Å². The molecule has 0 aromatic carbocycles. The second kappa shape index (κ2) is 26.1. The van der Waals surface area contributed by atoms with E-state index in [1.165, 1.54) is 135 Å². The van der Waals surface area contributed by atoms with Gasteiger partial charge in [-0.3, -0.25) is 0 Å². The zero-order valence-electron chi connectivity index (χ0n) is 26.1. The molecule has 0 saturated carbocycles. The van der Waals surface area contributed by atoms with Crippen LogP contribution >= 0.6 is 0 Å². The molecule has 230 valence electrons. The Balaban J connectivity index is 1.74. The Morgan fingerprint density at radius 3 is 1.26 bits per heavy atom. The van der Waals surface area contributed by atoms with Crippen LogP contribution in [0.3, 0.4) is 0 Å². The molecule has 0 amide bonds. The molecule has 2 N–H and O–H groups in total. The highest BCUT2D eigenvalue weighted by Gasteiger charge is 2.21. The van der Waals surface area contributed by atoms with Crippen molar-refractivity contribution in [3.05, 3.63) is 11.6 Å². The summed E-state index contributed by atoms with van der Waals surface area (Å²) in [6.07, 6.45) is 34.2. The number of unbranched alkanes of at least 4 members (excludes halogenated alkanes) is 22. The molecule has 0 spiro atoms. The molecule has 1 heterocycles. The Morgan fingerprint density at radius 2 is 0.923 bits per heavy atom. The van der Waals surface area contributed by atoms with Crippen molar-refractivity contribution in [1.29, 1.82) is 0 Å². The average molecular weight is 551 g/mol. The first-order valence-corrected chi connectivity index (χ1v) is 17.3. The van der Waals surface area contributed by atoms with Crippen LogP contribution < -0.4 is 0 Å². The van der Waals surface area contributed by atoms with Gasteiger partial charge in [-0.15, -0.1) is 0 Å². The summed E-state index contributed by atoms with van der Waals surface area (Å²) >= 11 is 0. The zero-order chi connectivity index (χ0) is 28.4. The minimum absolute atomic E-state index is 0.0290. The molecule has 39 heavy (non-hydrogen) atoms. The van der Waals surface area contributed by atoms with Gasteiger partial charge in [0.25, 0.3) is 0 Å². The van der Waals surface area contributed by atoms with Crippen LogP contribution in [0.2, 0.25) is 0 Å². The van der Waals surface area contributed by atoms with Gasteiger partial charge in [-0.25, -0.2) is 4.79 Å². The monoisotopic (exact) mass is 550 g/mol. The zero-order valence-corrected chi connectivity index (χ0v) is 26.1. The van der Waals surface area contributed by atoms with Crippen LogP contribution in [0.5, 0.6) is 0 Å². The fourth-order valence-electron chi connectivity index (χ4n) is 5.83. The van der Waals surface area contributed by atoms with Crippen molar-refractivity contribution < 1.29 is 19.7 Å². The van der Waals surface area contributed by atoms with Gasteiger partial charge in [0.05, 0.1) is 12.2 Å². The predicted octanol–water partition coefficient (Wildman–Crippen LogP) is 10.1. The van der Waals surface area contributed by atoms with Crippen molar-refractivity contribution in [3.8, 4) is 0 Å². The highest BCUT2D eigenvalue weighted by Crippen LogP contribution is 2.20. The third-order valence-electron chi connectivity index (χ3n) is 8.48. The molecule has 0 aromatic heterocycles. The van der Waals surface area contributed by atoms with Gasteiger partial charge in [0.15, 0.2) is 0 Å². The predicted molar refractivity (Wildman–Crippen MR) is 166 cm³/mol. The first-order valence-electron chi connectivity index (χ1n) is 17.3. The van der Waals surface area contributed by atoms with Crippen molar-refractivity contribution in [2.75, 3.05) is 0 Å². The standard InChI is InChI=1S/C35H66O4/c1-3-4-5-6-7-19-22-25-28-33(36)34(37)29-26-23-20-17-15-13-11-9-8-10-12-14-16-18-21-24-27-32-30-31(2)39-35(32)38/h30-31,33-34,36-37H,3-29H2,1-2H3/t31-,33+,34-/m1/s1. The van der Waals surface area contributed by atoms with Gasteiger partial charge in [0, 0.05) is 5.57 Å². The van der Waals surface area contributed by atoms with Crippen molar-refractivity contribution in [3.63, 3.8) is 0 Å². The third kappa shape index (κ3) is 21.5. The van der Waals surface area contributed by atoms with Crippen LogP contribution in [-0.2, 0) is 9.53 Å². The summed E-state index contributed by atoms with van der Waals surface area (Å²) in [5.74, 6) is -0.102. The molecule has 3 atom stereocenters. The van der Waals surface area contributed by atoms with E-state index in [2.05, 4.69) is 6.92 Å². The minimum Gasteiger partial charge on any atom is -0.455 e. The smallest absolute Gasteiger partial charge is 0.334 e. The number of carbonyl (C=O) groups is 1. The average Bonchev–Trinajstić information content (AvgIpc) is 3.25. The van der Waals surface area contributed by atoms with Gasteiger partial charge < -0.3 is 14.9 Å². The molecule has 0 aromatic rings. The highest BCUT2D eigenvalue weighted by atomic mass is 16.5. The Morgan fingerprint density at radius 1 is 0.590 bits per heavy atom. The largest absolute Gasteiger partial charge is 0.455 e. The highest BCUT2D eigenvalue weighted by molar-refractivity contribution is 5.90. The first kappa shape index (κ1) is 36.2. The molecule has 0 radical (unpaired) electrons. The number of hydrogen-bond acceptors (Lipinski definition) is 4. The van der Waals surface area contributed by atoms with E-state index in [9.17, 15) is 15.0 Å². The fourth-order valence-corrected chi connectivity index (χ4v) is 5.83. The van der Waals surface area contributed by atoms with Crippen LogP contribution in [0.1, 0.15) is 187 Å². The van der Waals surface area contributed by atoms with Crippen molar-refractivity contribution in [2.45, 2.75) is 206 Å². The van der Waals surface area contributed by atoms with Crippen LogP contribution in [-0.4, -0.2) is 34.5 Å². The summed E-state index contributed by atoms with van der Waals surface area (Å²) in [7, 11) is 0. The molecule has 0 unspecified atom stereocenters. The lowest BCUT2D eigenvalue weighted by Crippen LogP contribution is -2.25. The van der Waals surface area contributed by atoms with E-state index < -0.39 is 12.2 Å². The molecule has 1 rings (SSSR count). The number of aliphatic hydroxyl groups excluding tert-OH is 2. The maximum Gasteiger partial charge on any atom is 0.334 e. The molecule has 0 saturated heterocycles. The van der Waals surface area contributed by atoms with Gasteiger partial charge in [-0.1, -0.05) is 155 Å². The summed E-state index contributed by atoms with van der Waals surface area (Å²) in [6, 6.07) is 0. The molecule has 4 heteroatoms. The lowest BCUT2D eigenvalue weighted by Gasteiger charge is -2.17. The Bertz CT molecular complexity index is 587. The number of hydrogen-bond donors (Lipinski definition) is 2. The Kier molecular flexibility index (Phi) is 24.2. The number of carbonyl (C=O) groups excluding carboxylic acids is 1. The lowest BCUT2D eigenvalue weighted by molar-refractivity contribution is -0.139. The number of aliphatic hydroxyl groups is 2. The topological polar surface area (TPSA) is 66.8 Å². The maximum absolute atomic E-state index is 11.6. The number of rotatable bonds is 29. The van der Waals surface area contributed by atoms with E-state index in [0.29, 0.717) is 0 Å². The van der Waals surface area contributed by atoms with E-state index in [4.69, 9.17) is 4.74 Å². The molecule has 0 bridgehead atoms. The molecule has 4 nitrogen and oxygen atoms in total. The van der Waals surface area contributed by atoms with Crippen LogP contribution in [0, 0.1) is 0 Å². The maximum atomic E-state index is 11.6. The normalized spacial score (nSPS) is 16.9. The summed E-state index contributed by atoms with van der Waals surface area (Å²) in [6.45, 7) is 4.18. The molecule has 0 aliphatic carbocycles.